The Labute approximate surface area is 403 Å². The lowest BCUT2D eigenvalue weighted by Crippen LogP contribution is -2.41. The maximum atomic E-state index is 12.6. The van der Waals surface area contributed by atoms with Crippen LogP contribution in [-0.4, -0.2) is 155 Å². The molecule has 4 saturated heterocycles. The summed E-state index contributed by atoms with van der Waals surface area (Å²) >= 11 is 3.08. The lowest BCUT2D eigenvalue weighted by Gasteiger charge is -2.25. The Morgan fingerprint density at radius 1 is 0.552 bits per heavy atom. The molecule has 0 saturated carbocycles. The molecule has 8 heterocycles. The summed E-state index contributed by atoms with van der Waals surface area (Å²) in [5.41, 5.74) is 8.05. The summed E-state index contributed by atoms with van der Waals surface area (Å²) in [7, 11) is 0. The van der Waals surface area contributed by atoms with Crippen LogP contribution >= 0.6 is 35.1 Å². The number of rotatable bonds is 12. The second-order valence-electron chi connectivity index (χ2n) is 16.7. The van der Waals surface area contributed by atoms with E-state index in [1.54, 1.807) is 22.7 Å². The Balaban J connectivity index is 0.000000179. The minimum atomic E-state index is -0.0311. The molecule has 352 valence electrons. The van der Waals surface area contributed by atoms with Crippen molar-refractivity contribution >= 4 is 70.1 Å². The van der Waals surface area contributed by atoms with Gasteiger partial charge in [0.2, 0.25) is 11.8 Å². The number of nitrogens with zero attached hydrogens (tertiary/aromatic N) is 6. The van der Waals surface area contributed by atoms with E-state index >= 15 is 0 Å². The summed E-state index contributed by atoms with van der Waals surface area (Å²) in [6, 6.07) is 19.2. The smallest absolute Gasteiger partial charge is 0.270 e. The van der Waals surface area contributed by atoms with Crippen molar-refractivity contribution in [3.63, 3.8) is 0 Å². The van der Waals surface area contributed by atoms with Gasteiger partial charge >= 0.3 is 0 Å². The zero-order chi connectivity index (χ0) is 45.2. The number of nitrogens with one attached hydrogen (secondary N) is 4. The Bertz CT molecular complexity index is 2440. The van der Waals surface area contributed by atoms with Crippen molar-refractivity contribution < 1.29 is 28.7 Å². The molecule has 0 atom stereocenters. The van der Waals surface area contributed by atoms with Crippen molar-refractivity contribution in [2.45, 2.75) is 25.7 Å². The molecule has 2 aromatic carbocycles. The summed E-state index contributed by atoms with van der Waals surface area (Å²) < 4.78 is 10.7. The highest BCUT2D eigenvalue weighted by Crippen LogP contribution is 2.33. The molecule has 16 nitrogen and oxygen atoms in total. The van der Waals surface area contributed by atoms with Crippen LogP contribution in [0.1, 0.15) is 46.7 Å². The molecular formula is C48H55ClN10O6S2. The van der Waals surface area contributed by atoms with Crippen LogP contribution in [0.25, 0.3) is 43.7 Å². The van der Waals surface area contributed by atoms with E-state index in [0.29, 0.717) is 50.9 Å². The molecule has 67 heavy (non-hydrogen) atoms. The number of morpholine rings is 2. The van der Waals surface area contributed by atoms with Crippen LogP contribution in [0, 0.1) is 0 Å². The van der Waals surface area contributed by atoms with Gasteiger partial charge in [0.1, 0.15) is 21.4 Å². The van der Waals surface area contributed by atoms with Gasteiger partial charge in [-0.3, -0.25) is 29.0 Å². The van der Waals surface area contributed by atoms with Crippen molar-refractivity contribution in [1.29, 1.82) is 0 Å². The highest BCUT2D eigenvalue weighted by molar-refractivity contribution is 7.13. The first-order chi connectivity index (χ1) is 32.3. The third kappa shape index (κ3) is 12.4. The van der Waals surface area contributed by atoms with E-state index in [1.165, 1.54) is 0 Å². The number of carbonyl (C=O) groups is 4. The predicted molar refractivity (Wildman–Crippen MR) is 264 cm³/mol. The fraction of sp³-hybridized carbons (Fsp3) is 0.375. The maximum absolute atomic E-state index is 12.6. The molecule has 4 aromatic heterocycles. The number of likely N-dealkylation sites (tertiary alicyclic amines) is 2. The van der Waals surface area contributed by atoms with E-state index < -0.39 is 0 Å². The molecule has 19 heteroatoms. The fourth-order valence-electron chi connectivity index (χ4n) is 8.38. The van der Waals surface area contributed by atoms with Crippen LogP contribution in [0.15, 0.2) is 83.8 Å². The molecule has 0 unspecified atom stereocenters. The van der Waals surface area contributed by atoms with Crippen molar-refractivity contribution in [3.8, 4) is 43.7 Å². The summed E-state index contributed by atoms with van der Waals surface area (Å²) in [5, 5.41) is 11.7. The van der Waals surface area contributed by atoms with Gasteiger partial charge in [0, 0.05) is 109 Å². The number of aromatic amines is 2. The van der Waals surface area contributed by atoms with Crippen molar-refractivity contribution in [3.05, 3.63) is 95.2 Å². The SMILES string of the molecule is Cl.O=C(CN1CCOCC1)Nc1cccc(-c2nc(-c3c[nH]c(C(=O)N4CCCC4)c3)cs2)c1.O=C(CN1CCOCC1)Nc1cccc(-c2nc(-c3c[nH]c(C(=O)N4CCCC4)c3)cs2)c1. The number of halogens is 1. The molecule has 0 radical (unpaired) electrons. The monoisotopic (exact) mass is 966 g/mol. The number of aromatic nitrogens is 4. The number of anilines is 2. The van der Waals surface area contributed by atoms with E-state index in [2.05, 4.69) is 30.4 Å². The standard InChI is InChI=1S/2C24H27N5O3S.ClH/c2*30-22(15-28-8-10-32-11-9-28)26-19-5-3-4-17(12-19)23-27-21(16-33-23)18-13-20(25-14-18)24(31)29-6-1-2-7-29;/h2*3-5,12-14,16,25H,1-2,6-11,15H2,(H,26,30);1H. The van der Waals surface area contributed by atoms with Gasteiger partial charge in [-0.05, 0) is 62.1 Å². The highest BCUT2D eigenvalue weighted by Gasteiger charge is 2.23. The van der Waals surface area contributed by atoms with Gasteiger partial charge in [-0.15, -0.1) is 35.1 Å². The van der Waals surface area contributed by atoms with Crippen LogP contribution in [0.5, 0.6) is 0 Å². The molecule has 0 bridgehead atoms. The van der Waals surface area contributed by atoms with E-state index in [4.69, 9.17) is 19.4 Å². The summed E-state index contributed by atoms with van der Waals surface area (Å²) in [5.74, 6) is 0.0391. The van der Waals surface area contributed by atoms with Gasteiger partial charge in [-0.1, -0.05) is 24.3 Å². The first-order valence-corrected chi connectivity index (χ1v) is 24.4. The first kappa shape index (κ1) is 47.8. The van der Waals surface area contributed by atoms with E-state index in [9.17, 15) is 19.2 Å². The van der Waals surface area contributed by atoms with E-state index in [1.807, 2.05) is 93.6 Å². The number of thiazole rings is 2. The van der Waals surface area contributed by atoms with Gasteiger partial charge in [0.05, 0.1) is 50.9 Å². The molecule has 0 spiro atoms. The van der Waals surface area contributed by atoms with Gasteiger partial charge < -0.3 is 39.9 Å². The molecule has 10 rings (SSSR count). The van der Waals surface area contributed by atoms with Gasteiger partial charge in [0.25, 0.3) is 11.8 Å². The lowest BCUT2D eigenvalue weighted by molar-refractivity contribution is -0.119. The van der Waals surface area contributed by atoms with Gasteiger partial charge in [-0.25, -0.2) is 9.97 Å². The molecular weight excluding hydrogens is 912 g/mol. The van der Waals surface area contributed by atoms with Crippen molar-refractivity contribution in [2.75, 3.05) is 103 Å². The van der Waals surface area contributed by atoms with E-state index in [0.717, 1.165) is 133 Å². The van der Waals surface area contributed by atoms with Gasteiger partial charge in [0.15, 0.2) is 0 Å². The Hall–Kier alpha value is -5.73. The molecule has 4 aliphatic heterocycles. The van der Waals surface area contributed by atoms with Crippen LogP contribution in [0.4, 0.5) is 11.4 Å². The van der Waals surface area contributed by atoms with Crippen molar-refractivity contribution in [2.24, 2.45) is 0 Å². The first-order valence-electron chi connectivity index (χ1n) is 22.6. The topological polar surface area (TPSA) is 181 Å². The zero-order valence-electron chi connectivity index (χ0n) is 37.2. The number of hydrogen-bond acceptors (Lipinski definition) is 12. The zero-order valence-corrected chi connectivity index (χ0v) is 39.6. The minimum Gasteiger partial charge on any atom is -0.379 e. The predicted octanol–water partition coefficient (Wildman–Crippen LogP) is 7.05. The summed E-state index contributed by atoms with van der Waals surface area (Å²) in [6.07, 6.45) is 7.96. The summed E-state index contributed by atoms with van der Waals surface area (Å²) in [4.78, 5) is 73.8. The minimum absolute atomic E-state index is 0. The van der Waals surface area contributed by atoms with Crippen LogP contribution in [0.3, 0.4) is 0 Å². The Kier molecular flexibility index (Phi) is 16.3. The second kappa shape index (κ2) is 22.8. The van der Waals surface area contributed by atoms with Crippen LogP contribution < -0.4 is 10.6 Å². The number of amides is 4. The number of hydrogen-bond donors (Lipinski definition) is 4. The van der Waals surface area contributed by atoms with Gasteiger partial charge in [-0.2, -0.15) is 0 Å². The average molecular weight is 968 g/mol. The normalized spacial score (nSPS) is 16.5. The third-order valence-electron chi connectivity index (χ3n) is 11.9. The van der Waals surface area contributed by atoms with Crippen molar-refractivity contribution in [1.82, 2.24) is 39.5 Å². The highest BCUT2D eigenvalue weighted by atomic mass is 35.5. The average Bonchev–Trinajstić information content (AvgIpc) is 4.20. The number of carbonyl (C=O) groups excluding carboxylic acids is 4. The van der Waals surface area contributed by atoms with Crippen LogP contribution in [-0.2, 0) is 19.1 Å². The van der Waals surface area contributed by atoms with Crippen LogP contribution in [0.2, 0.25) is 0 Å². The molecule has 4 amide bonds. The molecule has 4 fully saturated rings. The second-order valence-corrected chi connectivity index (χ2v) is 18.4. The van der Waals surface area contributed by atoms with E-state index in [-0.39, 0.29) is 36.0 Å². The Morgan fingerprint density at radius 2 is 0.955 bits per heavy atom. The molecule has 4 N–H and O–H groups in total. The number of H-pyrrole nitrogens is 2. The largest absolute Gasteiger partial charge is 0.379 e. The Morgan fingerprint density at radius 3 is 1.36 bits per heavy atom. The fourth-order valence-corrected chi connectivity index (χ4v) is 10.0. The third-order valence-corrected chi connectivity index (χ3v) is 13.7. The number of ether oxygens (including phenoxy) is 2. The molecule has 4 aliphatic rings. The quantitative estimate of drug-likeness (QED) is 0.0994. The lowest BCUT2D eigenvalue weighted by atomic mass is 10.2. The number of benzene rings is 2. The molecule has 0 aliphatic carbocycles. The molecule has 6 aromatic rings. The maximum Gasteiger partial charge on any atom is 0.270 e. The summed E-state index contributed by atoms with van der Waals surface area (Å²) in [6.45, 7) is 9.82.